The molecule has 2 heteroatoms. The Morgan fingerprint density at radius 2 is 2.13 bits per heavy atom. The number of aryl methyl sites for hydroxylation is 1. The second kappa shape index (κ2) is 4.65. The fourth-order valence-electron chi connectivity index (χ4n) is 2.35. The van der Waals surface area contributed by atoms with Gasteiger partial charge in [0.15, 0.2) is 0 Å². The van der Waals surface area contributed by atoms with E-state index >= 15 is 0 Å². The Balaban J connectivity index is 2.04. The Labute approximate surface area is 92.1 Å². The average molecular weight is 204 g/mol. The van der Waals surface area contributed by atoms with Gasteiger partial charge in [-0.2, -0.15) is 0 Å². The van der Waals surface area contributed by atoms with Gasteiger partial charge in [0.05, 0.1) is 11.9 Å². The van der Waals surface area contributed by atoms with E-state index in [9.17, 15) is 0 Å². The molecule has 1 fully saturated rings. The van der Waals surface area contributed by atoms with Crippen molar-refractivity contribution in [2.45, 2.75) is 45.6 Å². The van der Waals surface area contributed by atoms with Gasteiger partial charge in [-0.15, -0.1) is 0 Å². The third-order valence-electron chi connectivity index (χ3n) is 3.49. The lowest BCUT2D eigenvalue weighted by Gasteiger charge is -2.30. The highest BCUT2D eigenvalue weighted by Gasteiger charge is 2.21. The number of nitrogens with one attached hydrogen (secondary N) is 1. The van der Waals surface area contributed by atoms with E-state index < -0.39 is 0 Å². The van der Waals surface area contributed by atoms with Crippen molar-refractivity contribution >= 4 is 5.69 Å². The van der Waals surface area contributed by atoms with E-state index in [1.54, 1.807) is 0 Å². The van der Waals surface area contributed by atoms with Gasteiger partial charge in [-0.3, -0.25) is 4.98 Å². The van der Waals surface area contributed by atoms with Crippen LogP contribution >= 0.6 is 0 Å². The molecule has 1 aliphatic rings. The molecule has 0 spiro atoms. The summed E-state index contributed by atoms with van der Waals surface area (Å²) >= 11 is 0. The van der Waals surface area contributed by atoms with E-state index in [-0.39, 0.29) is 0 Å². The molecule has 2 atom stereocenters. The first-order valence-electron chi connectivity index (χ1n) is 5.94. The summed E-state index contributed by atoms with van der Waals surface area (Å²) in [5.41, 5.74) is 2.50. The number of pyridine rings is 1. The van der Waals surface area contributed by atoms with Crippen LogP contribution in [0.4, 0.5) is 5.69 Å². The van der Waals surface area contributed by atoms with Gasteiger partial charge in [0.25, 0.3) is 0 Å². The summed E-state index contributed by atoms with van der Waals surface area (Å²) in [4.78, 5) is 4.17. The third-order valence-corrected chi connectivity index (χ3v) is 3.49. The van der Waals surface area contributed by atoms with Crippen LogP contribution in [0.1, 0.15) is 38.2 Å². The van der Waals surface area contributed by atoms with Gasteiger partial charge >= 0.3 is 0 Å². The summed E-state index contributed by atoms with van der Waals surface area (Å²) in [5.74, 6) is 0.790. The normalized spacial score (nSPS) is 26.3. The highest BCUT2D eigenvalue weighted by Crippen LogP contribution is 2.27. The van der Waals surface area contributed by atoms with Gasteiger partial charge in [0, 0.05) is 12.2 Å². The quantitative estimate of drug-likeness (QED) is 0.798. The lowest BCUT2D eigenvalue weighted by molar-refractivity contribution is 0.349. The number of aromatic nitrogens is 1. The van der Waals surface area contributed by atoms with Crippen molar-refractivity contribution in [1.82, 2.24) is 4.98 Å². The fourth-order valence-corrected chi connectivity index (χ4v) is 2.35. The first-order valence-corrected chi connectivity index (χ1v) is 5.94. The standard InChI is InChI=1S/C13H20N2/c1-10-5-3-4-6-12(10)15-13-9-14-8-7-11(13)2/h7-10,12,15H,3-6H2,1-2H3/t10-,12-/m1/s1. The largest absolute Gasteiger partial charge is 0.381 e. The number of rotatable bonds is 2. The first-order chi connectivity index (χ1) is 7.27. The molecule has 0 bridgehead atoms. The van der Waals surface area contributed by atoms with E-state index in [4.69, 9.17) is 0 Å². The molecule has 0 radical (unpaired) electrons. The molecule has 0 unspecified atom stereocenters. The van der Waals surface area contributed by atoms with Gasteiger partial charge in [-0.25, -0.2) is 0 Å². The molecule has 1 aromatic heterocycles. The lowest BCUT2D eigenvalue weighted by atomic mass is 9.86. The zero-order chi connectivity index (χ0) is 10.7. The molecule has 15 heavy (non-hydrogen) atoms. The number of anilines is 1. The van der Waals surface area contributed by atoms with E-state index in [0.29, 0.717) is 6.04 Å². The van der Waals surface area contributed by atoms with Crippen LogP contribution in [0, 0.1) is 12.8 Å². The predicted molar refractivity (Wildman–Crippen MR) is 64.0 cm³/mol. The predicted octanol–water partition coefficient (Wildman–Crippen LogP) is 3.38. The first kappa shape index (κ1) is 10.5. The van der Waals surface area contributed by atoms with Gasteiger partial charge in [0.2, 0.25) is 0 Å². The smallest absolute Gasteiger partial charge is 0.0558 e. The molecular weight excluding hydrogens is 184 g/mol. The molecule has 1 heterocycles. The summed E-state index contributed by atoms with van der Waals surface area (Å²) in [6, 6.07) is 2.71. The van der Waals surface area contributed by atoms with Crippen LogP contribution < -0.4 is 5.32 Å². The summed E-state index contributed by atoms with van der Waals surface area (Å²) < 4.78 is 0. The van der Waals surface area contributed by atoms with Gasteiger partial charge < -0.3 is 5.32 Å². The topological polar surface area (TPSA) is 24.9 Å². The number of hydrogen-bond donors (Lipinski definition) is 1. The number of nitrogens with zero attached hydrogens (tertiary/aromatic N) is 1. The maximum atomic E-state index is 4.17. The molecule has 0 aromatic carbocycles. The van der Waals surface area contributed by atoms with Crippen molar-refractivity contribution in [2.24, 2.45) is 5.92 Å². The fraction of sp³-hybridized carbons (Fsp3) is 0.615. The van der Waals surface area contributed by atoms with Crippen molar-refractivity contribution in [3.05, 3.63) is 24.0 Å². The molecule has 0 amide bonds. The van der Waals surface area contributed by atoms with Crippen LogP contribution in [0.3, 0.4) is 0 Å². The van der Waals surface area contributed by atoms with Gasteiger partial charge in [-0.1, -0.05) is 19.8 Å². The third kappa shape index (κ3) is 2.49. The highest BCUT2D eigenvalue weighted by molar-refractivity contribution is 5.48. The Morgan fingerprint density at radius 3 is 2.87 bits per heavy atom. The zero-order valence-electron chi connectivity index (χ0n) is 9.66. The maximum absolute atomic E-state index is 4.17. The molecule has 1 aromatic rings. The Hall–Kier alpha value is -1.05. The van der Waals surface area contributed by atoms with Crippen LogP contribution in [0.25, 0.3) is 0 Å². The van der Waals surface area contributed by atoms with Crippen molar-refractivity contribution in [3.8, 4) is 0 Å². The van der Waals surface area contributed by atoms with E-state index in [0.717, 1.165) is 5.92 Å². The minimum absolute atomic E-state index is 0.640. The SMILES string of the molecule is Cc1ccncc1N[C@@H]1CCCC[C@H]1C. The molecule has 0 aliphatic heterocycles. The summed E-state index contributed by atoms with van der Waals surface area (Å²) in [6.45, 7) is 4.49. The summed E-state index contributed by atoms with van der Waals surface area (Å²) in [5, 5.41) is 3.64. The van der Waals surface area contributed by atoms with Gasteiger partial charge in [0.1, 0.15) is 0 Å². The summed E-state index contributed by atoms with van der Waals surface area (Å²) in [6.07, 6.45) is 9.21. The molecule has 2 rings (SSSR count). The Morgan fingerprint density at radius 1 is 1.33 bits per heavy atom. The lowest BCUT2D eigenvalue weighted by Crippen LogP contribution is -2.30. The molecule has 1 aliphatic carbocycles. The Bertz CT molecular complexity index is 322. The van der Waals surface area contributed by atoms with E-state index in [1.165, 1.54) is 36.9 Å². The Kier molecular flexibility index (Phi) is 3.24. The highest BCUT2D eigenvalue weighted by atomic mass is 14.9. The van der Waals surface area contributed by atoms with E-state index in [2.05, 4.69) is 30.2 Å². The van der Waals surface area contributed by atoms with Crippen LogP contribution in [-0.2, 0) is 0 Å². The average Bonchev–Trinajstić information content (AvgIpc) is 2.24. The van der Waals surface area contributed by atoms with Gasteiger partial charge in [-0.05, 0) is 37.3 Å². The van der Waals surface area contributed by atoms with Crippen LogP contribution in [0.5, 0.6) is 0 Å². The van der Waals surface area contributed by atoms with Crippen molar-refractivity contribution in [3.63, 3.8) is 0 Å². The van der Waals surface area contributed by atoms with Crippen LogP contribution in [-0.4, -0.2) is 11.0 Å². The molecule has 1 N–H and O–H groups in total. The molecule has 82 valence electrons. The minimum Gasteiger partial charge on any atom is -0.381 e. The van der Waals surface area contributed by atoms with Crippen LogP contribution in [0.15, 0.2) is 18.5 Å². The molecular formula is C13H20N2. The molecule has 2 nitrogen and oxygen atoms in total. The number of hydrogen-bond acceptors (Lipinski definition) is 2. The maximum Gasteiger partial charge on any atom is 0.0558 e. The molecule has 1 saturated carbocycles. The van der Waals surface area contributed by atoms with Crippen LogP contribution in [0.2, 0.25) is 0 Å². The monoisotopic (exact) mass is 204 g/mol. The molecule has 0 saturated heterocycles. The van der Waals surface area contributed by atoms with Crippen molar-refractivity contribution < 1.29 is 0 Å². The second-order valence-corrected chi connectivity index (χ2v) is 4.70. The summed E-state index contributed by atoms with van der Waals surface area (Å²) in [7, 11) is 0. The zero-order valence-corrected chi connectivity index (χ0v) is 9.66. The van der Waals surface area contributed by atoms with E-state index in [1.807, 2.05) is 12.4 Å². The van der Waals surface area contributed by atoms with Crippen molar-refractivity contribution in [2.75, 3.05) is 5.32 Å². The van der Waals surface area contributed by atoms with Crippen molar-refractivity contribution in [1.29, 1.82) is 0 Å². The minimum atomic E-state index is 0.640. The second-order valence-electron chi connectivity index (χ2n) is 4.70.